The molecule has 0 aromatic heterocycles. The highest BCUT2D eigenvalue weighted by molar-refractivity contribution is 9.10. The highest BCUT2D eigenvalue weighted by Gasteiger charge is 2.10. The van der Waals surface area contributed by atoms with E-state index in [0.29, 0.717) is 10.2 Å². The van der Waals surface area contributed by atoms with Gasteiger partial charge in [0, 0.05) is 16.2 Å². The van der Waals surface area contributed by atoms with Crippen LogP contribution in [0.3, 0.4) is 0 Å². The van der Waals surface area contributed by atoms with Gasteiger partial charge >= 0.3 is 12.0 Å². The molecule has 20 heavy (non-hydrogen) atoms. The van der Waals surface area contributed by atoms with Crippen LogP contribution in [0.1, 0.15) is 43.5 Å². The number of nitrogens with one attached hydrogen (secondary N) is 2. The van der Waals surface area contributed by atoms with Crippen LogP contribution >= 0.6 is 15.9 Å². The van der Waals surface area contributed by atoms with E-state index >= 15 is 0 Å². The lowest BCUT2D eigenvalue weighted by atomic mass is 10.1. The van der Waals surface area contributed by atoms with Gasteiger partial charge in [-0.2, -0.15) is 0 Å². The summed E-state index contributed by atoms with van der Waals surface area (Å²) in [5, 5.41) is 14.4. The number of rotatable bonds is 6. The van der Waals surface area contributed by atoms with Gasteiger partial charge in [0.15, 0.2) is 0 Å². The molecular formula is C14H19BrN2O3. The van der Waals surface area contributed by atoms with Crippen LogP contribution in [0.25, 0.3) is 0 Å². The molecule has 1 aromatic rings. The summed E-state index contributed by atoms with van der Waals surface area (Å²) in [5.41, 5.74) is 0.561. The Balaban J connectivity index is 2.64. The van der Waals surface area contributed by atoms with Gasteiger partial charge in [-0.1, -0.05) is 35.7 Å². The summed E-state index contributed by atoms with van der Waals surface area (Å²) in [7, 11) is 0. The second kappa shape index (κ2) is 7.89. The van der Waals surface area contributed by atoms with E-state index in [1.165, 1.54) is 12.1 Å². The molecule has 5 nitrogen and oxygen atoms in total. The van der Waals surface area contributed by atoms with Crippen molar-refractivity contribution >= 4 is 33.6 Å². The lowest BCUT2D eigenvalue weighted by Gasteiger charge is -2.14. The van der Waals surface area contributed by atoms with Crippen molar-refractivity contribution in [1.82, 2.24) is 5.32 Å². The molecule has 1 aromatic carbocycles. The van der Waals surface area contributed by atoms with Gasteiger partial charge < -0.3 is 15.7 Å². The number of anilines is 1. The summed E-state index contributed by atoms with van der Waals surface area (Å²) < 4.78 is 0.603. The highest BCUT2D eigenvalue weighted by atomic mass is 79.9. The van der Waals surface area contributed by atoms with Gasteiger partial charge in [-0.05, 0) is 31.5 Å². The number of amides is 2. The first-order valence-electron chi connectivity index (χ1n) is 6.53. The maximum Gasteiger partial charge on any atom is 0.335 e. The maximum absolute atomic E-state index is 11.8. The van der Waals surface area contributed by atoms with Crippen LogP contribution in [-0.4, -0.2) is 23.1 Å². The summed E-state index contributed by atoms with van der Waals surface area (Å²) >= 11 is 3.22. The second-order valence-corrected chi connectivity index (χ2v) is 5.59. The fraction of sp³-hybridized carbons (Fsp3) is 0.429. The largest absolute Gasteiger partial charge is 0.478 e. The number of hydrogen-bond donors (Lipinski definition) is 3. The van der Waals surface area contributed by atoms with Gasteiger partial charge in [0.2, 0.25) is 0 Å². The Morgan fingerprint density at radius 3 is 2.65 bits per heavy atom. The number of carboxylic acids is 1. The minimum Gasteiger partial charge on any atom is -0.478 e. The zero-order valence-electron chi connectivity index (χ0n) is 11.6. The van der Waals surface area contributed by atoms with E-state index in [2.05, 4.69) is 33.5 Å². The van der Waals surface area contributed by atoms with Gasteiger partial charge in [0.25, 0.3) is 0 Å². The van der Waals surface area contributed by atoms with Gasteiger partial charge in [-0.25, -0.2) is 9.59 Å². The SMILES string of the molecule is CCCCC(C)NC(=O)Nc1cc(Br)cc(C(=O)O)c1. The zero-order chi connectivity index (χ0) is 15.1. The average molecular weight is 343 g/mol. The normalized spacial score (nSPS) is 11.8. The number of aromatic carboxylic acids is 1. The molecule has 0 heterocycles. The zero-order valence-corrected chi connectivity index (χ0v) is 13.2. The molecule has 0 aliphatic rings. The van der Waals surface area contributed by atoms with E-state index in [4.69, 9.17) is 5.11 Å². The molecule has 0 bridgehead atoms. The fourth-order valence-electron chi connectivity index (χ4n) is 1.76. The van der Waals surface area contributed by atoms with Gasteiger partial charge in [-0.3, -0.25) is 0 Å². The van der Waals surface area contributed by atoms with Crippen LogP contribution in [0.2, 0.25) is 0 Å². The van der Waals surface area contributed by atoms with Crippen molar-refractivity contribution < 1.29 is 14.7 Å². The Bertz CT molecular complexity index is 491. The molecule has 1 atom stereocenters. The summed E-state index contributed by atoms with van der Waals surface area (Å²) in [6.07, 6.45) is 3.06. The molecule has 6 heteroatoms. The first-order valence-corrected chi connectivity index (χ1v) is 7.33. The number of unbranched alkanes of at least 4 members (excludes halogenated alkanes) is 1. The molecule has 3 N–H and O–H groups in total. The minimum absolute atomic E-state index is 0.0843. The Hall–Kier alpha value is -1.56. The molecule has 0 saturated heterocycles. The van der Waals surface area contributed by atoms with Crippen molar-refractivity contribution in [3.8, 4) is 0 Å². The molecule has 0 aliphatic heterocycles. The lowest BCUT2D eigenvalue weighted by Crippen LogP contribution is -2.36. The van der Waals surface area contributed by atoms with Gasteiger partial charge in [-0.15, -0.1) is 0 Å². The third-order valence-electron chi connectivity index (χ3n) is 2.77. The lowest BCUT2D eigenvalue weighted by molar-refractivity contribution is 0.0697. The molecule has 110 valence electrons. The van der Waals surface area contributed by atoms with Gasteiger partial charge in [0.05, 0.1) is 5.56 Å². The van der Waals surface area contributed by atoms with Crippen LogP contribution in [0.15, 0.2) is 22.7 Å². The van der Waals surface area contributed by atoms with E-state index in [0.717, 1.165) is 19.3 Å². The van der Waals surface area contributed by atoms with E-state index in [1.807, 2.05) is 6.92 Å². The minimum atomic E-state index is -1.04. The highest BCUT2D eigenvalue weighted by Crippen LogP contribution is 2.19. The first-order chi connectivity index (χ1) is 9.42. The van der Waals surface area contributed by atoms with Crippen LogP contribution in [-0.2, 0) is 0 Å². The quantitative estimate of drug-likeness (QED) is 0.734. The Morgan fingerprint density at radius 2 is 2.05 bits per heavy atom. The van der Waals surface area contributed by atoms with E-state index in [1.54, 1.807) is 6.07 Å². The molecule has 0 radical (unpaired) electrons. The Kier molecular flexibility index (Phi) is 6.51. The van der Waals surface area contributed by atoms with E-state index < -0.39 is 5.97 Å². The number of carbonyl (C=O) groups excluding carboxylic acids is 1. The summed E-state index contributed by atoms with van der Waals surface area (Å²) in [5.74, 6) is -1.04. The van der Waals surface area contributed by atoms with Crippen LogP contribution in [0, 0.1) is 0 Å². The van der Waals surface area contributed by atoms with Crippen LogP contribution < -0.4 is 10.6 Å². The Morgan fingerprint density at radius 1 is 1.35 bits per heavy atom. The fourth-order valence-corrected chi connectivity index (χ4v) is 2.25. The molecule has 0 saturated carbocycles. The number of urea groups is 1. The molecule has 0 aliphatic carbocycles. The number of hydrogen-bond acceptors (Lipinski definition) is 2. The van der Waals surface area contributed by atoms with Crippen molar-refractivity contribution in [2.24, 2.45) is 0 Å². The molecule has 0 fully saturated rings. The summed E-state index contributed by atoms with van der Waals surface area (Å²) in [6.45, 7) is 4.04. The number of benzene rings is 1. The standard InChI is InChI=1S/C14H19BrN2O3/c1-3-4-5-9(2)16-14(20)17-12-7-10(13(18)19)6-11(15)8-12/h6-9H,3-5H2,1-2H3,(H,18,19)(H2,16,17,20). The predicted molar refractivity (Wildman–Crippen MR) is 82.2 cm³/mol. The van der Waals surface area contributed by atoms with Crippen molar-refractivity contribution in [3.63, 3.8) is 0 Å². The smallest absolute Gasteiger partial charge is 0.335 e. The number of carbonyl (C=O) groups is 2. The molecule has 1 unspecified atom stereocenters. The van der Waals surface area contributed by atoms with Crippen LogP contribution in [0.4, 0.5) is 10.5 Å². The van der Waals surface area contributed by atoms with Gasteiger partial charge in [0.1, 0.15) is 0 Å². The van der Waals surface area contributed by atoms with Crippen molar-refractivity contribution in [2.75, 3.05) is 5.32 Å². The third-order valence-corrected chi connectivity index (χ3v) is 3.23. The summed E-state index contributed by atoms with van der Waals surface area (Å²) in [4.78, 5) is 22.7. The predicted octanol–water partition coefficient (Wildman–Crippen LogP) is 3.85. The second-order valence-electron chi connectivity index (χ2n) is 4.68. The average Bonchev–Trinajstić information content (AvgIpc) is 2.35. The topological polar surface area (TPSA) is 78.4 Å². The number of halogens is 1. The monoisotopic (exact) mass is 342 g/mol. The van der Waals surface area contributed by atoms with Crippen molar-refractivity contribution in [3.05, 3.63) is 28.2 Å². The van der Waals surface area contributed by atoms with Crippen LogP contribution in [0.5, 0.6) is 0 Å². The summed E-state index contributed by atoms with van der Waals surface area (Å²) in [6, 6.07) is 4.31. The first kappa shape index (κ1) is 16.5. The van der Waals surface area contributed by atoms with Crippen molar-refractivity contribution in [1.29, 1.82) is 0 Å². The van der Waals surface area contributed by atoms with E-state index in [9.17, 15) is 9.59 Å². The molecule has 0 spiro atoms. The van der Waals surface area contributed by atoms with Crippen molar-refractivity contribution in [2.45, 2.75) is 39.2 Å². The molecule has 1 rings (SSSR count). The molecular weight excluding hydrogens is 324 g/mol. The van der Waals surface area contributed by atoms with E-state index in [-0.39, 0.29) is 17.6 Å². The third kappa shape index (κ3) is 5.61. The molecule has 2 amide bonds. The maximum atomic E-state index is 11.8. The number of carboxylic acid groups (broad SMARTS) is 1. The Labute approximate surface area is 126 Å².